The van der Waals surface area contributed by atoms with Crippen LogP contribution in [0.5, 0.6) is 5.75 Å². The van der Waals surface area contributed by atoms with Crippen molar-refractivity contribution in [2.24, 2.45) is 4.99 Å². The van der Waals surface area contributed by atoms with E-state index >= 15 is 0 Å². The average Bonchev–Trinajstić information content (AvgIpc) is 2.72. The van der Waals surface area contributed by atoms with Gasteiger partial charge in [0.2, 0.25) is 0 Å². The van der Waals surface area contributed by atoms with Gasteiger partial charge in [-0.3, -0.25) is 4.99 Å². The molecule has 146 valence electrons. The predicted octanol–water partition coefficient (Wildman–Crippen LogP) is 2.50. The van der Waals surface area contributed by atoms with E-state index in [1.54, 1.807) is 7.11 Å². The molecule has 0 aliphatic rings. The second-order valence-electron chi connectivity index (χ2n) is 5.97. The Balaban J connectivity index is 1.75. The number of hydrogen-bond donors (Lipinski definition) is 3. The highest BCUT2D eigenvalue weighted by Crippen LogP contribution is 2.17. The number of hydrogen-bond acceptors (Lipinski definition) is 4. The average molecular weight is 371 g/mol. The monoisotopic (exact) mass is 371 g/mol. The lowest BCUT2D eigenvalue weighted by Crippen LogP contribution is -2.39. The summed E-state index contributed by atoms with van der Waals surface area (Å²) in [5.41, 5.74) is 1.96. The number of aliphatic hydroxyl groups is 1. The van der Waals surface area contributed by atoms with Gasteiger partial charge < -0.3 is 25.2 Å². The lowest BCUT2D eigenvalue weighted by atomic mass is 10.1. The molecule has 0 bridgehead atoms. The van der Waals surface area contributed by atoms with Gasteiger partial charge in [0, 0.05) is 13.1 Å². The first-order valence-corrected chi connectivity index (χ1v) is 9.18. The normalized spacial score (nSPS) is 12.5. The standard InChI is InChI=1S/C21H29N3O3/c1-3-22-21(23-13-14-27-16-17-7-5-4-6-8-17)24-15-20(25)18-9-11-19(26-2)12-10-18/h4-12,20,25H,3,13-16H2,1-2H3,(H2,22,23,24). The molecule has 0 amide bonds. The third-order valence-electron chi connectivity index (χ3n) is 3.92. The van der Waals surface area contributed by atoms with E-state index in [0.29, 0.717) is 25.7 Å². The summed E-state index contributed by atoms with van der Waals surface area (Å²) in [6, 6.07) is 17.4. The quantitative estimate of drug-likeness (QED) is 0.340. The van der Waals surface area contributed by atoms with Crippen molar-refractivity contribution >= 4 is 5.96 Å². The molecule has 2 rings (SSSR count). The highest BCUT2D eigenvalue weighted by Gasteiger charge is 2.07. The van der Waals surface area contributed by atoms with E-state index in [2.05, 4.69) is 15.6 Å². The molecule has 0 aliphatic heterocycles. The first kappa shape index (κ1) is 20.7. The molecule has 1 unspecified atom stereocenters. The molecular weight excluding hydrogens is 342 g/mol. The molecule has 0 fully saturated rings. The summed E-state index contributed by atoms with van der Waals surface area (Å²) in [6.45, 7) is 4.81. The van der Waals surface area contributed by atoms with Gasteiger partial charge in [-0.25, -0.2) is 0 Å². The maximum atomic E-state index is 10.3. The number of guanidine groups is 1. The summed E-state index contributed by atoms with van der Waals surface area (Å²) in [4.78, 5) is 4.45. The zero-order valence-corrected chi connectivity index (χ0v) is 16.0. The Bertz CT molecular complexity index is 675. The van der Waals surface area contributed by atoms with Gasteiger partial charge >= 0.3 is 0 Å². The highest BCUT2D eigenvalue weighted by molar-refractivity contribution is 5.79. The second kappa shape index (κ2) is 11.9. The molecule has 0 heterocycles. The fraction of sp³-hybridized carbons (Fsp3) is 0.381. The van der Waals surface area contributed by atoms with Crippen LogP contribution in [-0.4, -0.2) is 44.4 Å². The van der Waals surface area contributed by atoms with Gasteiger partial charge in [0.05, 0.1) is 33.0 Å². The maximum Gasteiger partial charge on any atom is 0.191 e. The number of methoxy groups -OCH3 is 1. The lowest BCUT2D eigenvalue weighted by Gasteiger charge is -2.14. The number of rotatable bonds is 10. The molecule has 0 saturated carbocycles. The van der Waals surface area contributed by atoms with Crippen molar-refractivity contribution in [3.05, 3.63) is 65.7 Å². The van der Waals surface area contributed by atoms with Gasteiger partial charge in [0.25, 0.3) is 0 Å². The largest absolute Gasteiger partial charge is 0.497 e. The van der Waals surface area contributed by atoms with Crippen molar-refractivity contribution in [3.8, 4) is 5.75 Å². The third kappa shape index (κ3) is 7.68. The number of aliphatic imine (C=N–C) groups is 1. The minimum Gasteiger partial charge on any atom is -0.497 e. The van der Waals surface area contributed by atoms with E-state index in [1.807, 2.05) is 61.5 Å². The lowest BCUT2D eigenvalue weighted by molar-refractivity contribution is 0.125. The van der Waals surface area contributed by atoms with E-state index in [-0.39, 0.29) is 6.54 Å². The topological polar surface area (TPSA) is 75.1 Å². The smallest absolute Gasteiger partial charge is 0.191 e. The SMILES string of the molecule is CCNC(=NCC(O)c1ccc(OC)cc1)NCCOCc1ccccc1. The predicted molar refractivity (Wildman–Crippen MR) is 108 cm³/mol. The van der Waals surface area contributed by atoms with Crippen LogP contribution < -0.4 is 15.4 Å². The summed E-state index contributed by atoms with van der Waals surface area (Å²) in [5.74, 6) is 1.42. The minimum absolute atomic E-state index is 0.270. The van der Waals surface area contributed by atoms with Gasteiger partial charge in [-0.15, -0.1) is 0 Å². The zero-order valence-electron chi connectivity index (χ0n) is 16.0. The molecule has 1 atom stereocenters. The van der Waals surface area contributed by atoms with Crippen LogP contribution in [0.1, 0.15) is 24.2 Å². The molecule has 6 nitrogen and oxygen atoms in total. The van der Waals surface area contributed by atoms with Crippen LogP contribution in [0.25, 0.3) is 0 Å². The van der Waals surface area contributed by atoms with Crippen LogP contribution in [0.2, 0.25) is 0 Å². The van der Waals surface area contributed by atoms with E-state index in [4.69, 9.17) is 9.47 Å². The van der Waals surface area contributed by atoms with Crippen molar-refractivity contribution in [3.63, 3.8) is 0 Å². The Morgan fingerprint density at radius 1 is 1.07 bits per heavy atom. The van der Waals surface area contributed by atoms with Gasteiger partial charge in [0.1, 0.15) is 5.75 Å². The molecule has 27 heavy (non-hydrogen) atoms. The molecule has 0 aliphatic carbocycles. The summed E-state index contributed by atoms with van der Waals surface area (Å²) in [5, 5.41) is 16.7. The molecule has 6 heteroatoms. The van der Waals surface area contributed by atoms with Crippen molar-refractivity contribution in [2.45, 2.75) is 19.6 Å². The summed E-state index contributed by atoms with van der Waals surface area (Å²) in [6.07, 6.45) is -0.666. The van der Waals surface area contributed by atoms with Crippen molar-refractivity contribution < 1.29 is 14.6 Å². The van der Waals surface area contributed by atoms with Crippen molar-refractivity contribution in [1.29, 1.82) is 0 Å². The molecule has 2 aromatic carbocycles. The first-order chi connectivity index (χ1) is 13.2. The van der Waals surface area contributed by atoms with Crippen molar-refractivity contribution in [2.75, 3.05) is 33.4 Å². The zero-order chi connectivity index (χ0) is 19.3. The number of benzene rings is 2. The molecule has 0 saturated heterocycles. The molecule has 0 aromatic heterocycles. The van der Waals surface area contributed by atoms with E-state index in [9.17, 15) is 5.11 Å². The molecule has 0 radical (unpaired) electrons. The first-order valence-electron chi connectivity index (χ1n) is 9.18. The van der Waals surface area contributed by atoms with Gasteiger partial charge in [-0.2, -0.15) is 0 Å². The van der Waals surface area contributed by atoms with E-state index < -0.39 is 6.10 Å². The van der Waals surface area contributed by atoms with E-state index in [1.165, 1.54) is 0 Å². The number of nitrogens with zero attached hydrogens (tertiary/aromatic N) is 1. The Morgan fingerprint density at radius 3 is 2.48 bits per heavy atom. The Labute approximate surface area is 161 Å². The number of aliphatic hydroxyl groups excluding tert-OH is 1. The van der Waals surface area contributed by atoms with Crippen LogP contribution in [-0.2, 0) is 11.3 Å². The highest BCUT2D eigenvalue weighted by atomic mass is 16.5. The van der Waals surface area contributed by atoms with Crippen LogP contribution in [0, 0.1) is 0 Å². The fourth-order valence-electron chi connectivity index (χ4n) is 2.46. The van der Waals surface area contributed by atoms with Crippen LogP contribution in [0.15, 0.2) is 59.6 Å². The van der Waals surface area contributed by atoms with Crippen LogP contribution in [0.4, 0.5) is 0 Å². The van der Waals surface area contributed by atoms with Gasteiger partial charge in [0.15, 0.2) is 5.96 Å². The molecule has 3 N–H and O–H groups in total. The second-order valence-corrected chi connectivity index (χ2v) is 5.97. The summed E-state index contributed by atoms with van der Waals surface area (Å²) >= 11 is 0. The van der Waals surface area contributed by atoms with Crippen LogP contribution in [0.3, 0.4) is 0 Å². The third-order valence-corrected chi connectivity index (χ3v) is 3.92. The number of nitrogens with one attached hydrogen (secondary N) is 2. The summed E-state index contributed by atoms with van der Waals surface area (Å²) < 4.78 is 10.8. The molecule has 0 spiro atoms. The molecular formula is C21H29N3O3. The maximum absolute atomic E-state index is 10.3. The van der Waals surface area contributed by atoms with Crippen molar-refractivity contribution in [1.82, 2.24) is 10.6 Å². The Kier molecular flexibility index (Phi) is 9.17. The fourth-order valence-corrected chi connectivity index (χ4v) is 2.46. The number of ether oxygens (including phenoxy) is 2. The van der Waals surface area contributed by atoms with Gasteiger partial charge in [-0.05, 0) is 30.2 Å². The van der Waals surface area contributed by atoms with E-state index in [0.717, 1.165) is 23.4 Å². The van der Waals surface area contributed by atoms with Gasteiger partial charge in [-0.1, -0.05) is 42.5 Å². The Morgan fingerprint density at radius 2 is 1.81 bits per heavy atom. The molecule has 2 aromatic rings. The Hall–Kier alpha value is -2.57. The summed E-state index contributed by atoms with van der Waals surface area (Å²) in [7, 11) is 1.62. The minimum atomic E-state index is -0.666. The van der Waals surface area contributed by atoms with Crippen LogP contribution >= 0.6 is 0 Å².